The summed E-state index contributed by atoms with van der Waals surface area (Å²) in [5.74, 6) is 0. The van der Waals surface area contributed by atoms with E-state index in [9.17, 15) is 28.4 Å². The van der Waals surface area contributed by atoms with E-state index in [0.29, 0.717) is 0 Å². The van der Waals surface area contributed by atoms with Crippen molar-refractivity contribution in [1.29, 1.82) is 0 Å². The van der Waals surface area contributed by atoms with Crippen molar-refractivity contribution in [2.24, 2.45) is 0 Å². The molecule has 2 unspecified atom stereocenters. The minimum Gasteiger partial charge on any atom is -0.750 e. The third-order valence-electron chi connectivity index (χ3n) is 0.333. The van der Waals surface area contributed by atoms with Gasteiger partial charge < -0.3 is 14.7 Å². The Balaban J connectivity index is -0.0000000477. The van der Waals surface area contributed by atoms with Crippen LogP contribution in [0.5, 0.6) is 0 Å². The van der Waals surface area contributed by atoms with E-state index >= 15 is 0 Å². The van der Waals surface area contributed by atoms with Crippen LogP contribution in [0.4, 0.5) is 0 Å². The molecule has 0 saturated heterocycles. The Bertz CT molecular complexity index is 219. The van der Waals surface area contributed by atoms with Crippen LogP contribution in [0.3, 0.4) is 0 Å². The molecule has 16 heteroatoms. The van der Waals surface area contributed by atoms with E-state index in [0.717, 1.165) is 0 Å². The Hall–Kier alpha value is 4.52. The van der Waals surface area contributed by atoms with Crippen LogP contribution in [0.25, 0.3) is 0 Å². The Morgan fingerprint density at radius 2 is 1.12 bits per heavy atom. The molecule has 0 saturated carbocycles. The zero-order valence-electron chi connectivity index (χ0n) is 9.99. The molecule has 0 rings (SSSR count). The van der Waals surface area contributed by atoms with E-state index in [1.165, 1.54) is 6.38 Å². The molecule has 0 aromatic rings. The van der Waals surface area contributed by atoms with Crippen molar-refractivity contribution in [2.75, 3.05) is 6.38 Å². The maximum Gasteiger partial charge on any atom is 1.00 e. The van der Waals surface area contributed by atoms with Crippen LogP contribution < -0.4 is 133 Å². The van der Waals surface area contributed by atoms with E-state index in [-0.39, 0.29) is 118 Å². The predicted octanol–water partition coefficient (Wildman–Crippen LogP) is -12.6. The van der Waals surface area contributed by atoms with Gasteiger partial charge in [0, 0.05) is 6.38 Å². The van der Waals surface area contributed by atoms with Crippen LogP contribution in [0.15, 0.2) is 0 Å². The van der Waals surface area contributed by atoms with Gasteiger partial charge in [0.05, 0.1) is 0 Å². The van der Waals surface area contributed by atoms with Gasteiger partial charge in [0.2, 0.25) is 0 Å². The van der Waals surface area contributed by atoms with Crippen LogP contribution in [-0.4, -0.2) is 6.38 Å². The first-order valence-electron chi connectivity index (χ1n) is 2.20. The first-order chi connectivity index (χ1) is 5.83. The monoisotopic (exact) mass is 363 g/mol. The third kappa shape index (κ3) is 33.4. The minimum absolute atomic E-state index is 0. The second-order valence-electron chi connectivity index (χ2n) is 1.06. The van der Waals surface area contributed by atoms with Gasteiger partial charge in [-0.05, 0) is 9.13 Å². The molecule has 0 heterocycles. The molecule has 0 radical (unpaired) electrons. The van der Waals surface area contributed by atoms with Gasteiger partial charge >= 0.3 is 143 Å². The van der Waals surface area contributed by atoms with Gasteiger partial charge in [0.1, 0.15) is 0 Å². The summed E-state index contributed by atoms with van der Waals surface area (Å²) in [6, 6.07) is 0. The fourth-order valence-corrected chi connectivity index (χ4v) is 1.87. The van der Waals surface area contributed by atoms with Crippen molar-refractivity contribution in [3.8, 4) is 0 Å². The van der Waals surface area contributed by atoms with Gasteiger partial charge in [-0.25, -0.2) is 0 Å². The first-order valence-corrected chi connectivity index (χ1v) is 6.61. The molecule has 0 aliphatic carbocycles. The summed E-state index contributed by atoms with van der Waals surface area (Å²) in [5.41, 5.74) is 0. The SMILES string of the molecule is CCl.O=[P+]([O-])OP(=O)([O-])O[P+](=O)[O-].[Na+].[Na+].[Na+].[Na+]. The van der Waals surface area contributed by atoms with Gasteiger partial charge in [0.25, 0.3) is 0 Å². The summed E-state index contributed by atoms with van der Waals surface area (Å²) in [6.07, 6.45) is 1.47. The number of halogens is 1. The average molecular weight is 363 g/mol. The summed E-state index contributed by atoms with van der Waals surface area (Å²) in [4.78, 5) is 29.2. The van der Waals surface area contributed by atoms with Gasteiger partial charge in [-0.2, -0.15) is 0 Å². The van der Waals surface area contributed by atoms with Crippen LogP contribution in [-0.2, 0) is 22.3 Å². The normalized spacial score (nSPS) is 12.5. The minimum atomic E-state index is -5.25. The Morgan fingerprint density at radius 3 is 1.24 bits per heavy atom. The summed E-state index contributed by atoms with van der Waals surface area (Å²) in [5, 5.41) is 0. The molecular formula is CH3ClNa4O8P3+3. The van der Waals surface area contributed by atoms with Gasteiger partial charge in [-0.15, -0.1) is 11.6 Å². The maximum absolute atomic E-state index is 10.1. The van der Waals surface area contributed by atoms with Crippen molar-refractivity contribution in [3.05, 3.63) is 0 Å². The molecule has 0 amide bonds. The quantitative estimate of drug-likeness (QED) is 0.273. The second kappa shape index (κ2) is 22.8. The molecule has 0 bridgehead atoms. The molecule has 0 fully saturated rings. The topological polar surface area (TPSA) is 139 Å². The Labute approximate surface area is 194 Å². The molecule has 0 N–H and O–H groups in total. The second-order valence-corrected chi connectivity index (χ2v) is 4.15. The fraction of sp³-hybridized carbons (Fsp3) is 1.00. The van der Waals surface area contributed by atoms with E-state index in [1.807, 2.05) is 0 Å². The van der Waals surface area contributed by atoms with Crippen LogP contribution in [0, 0.1) is 0 Å². The molecule has 78 valence electrons. The molecule has 0 aromatic carbocycles. The van der Waals surface area contributed by atoms with E-state index in [1.54, 1.807) is 0 Å². The van der Waals surface area contributed by atoms with Gasteiger partial charge in [-0.1, -0.05) is 8.62 Å². The number of hydrogen-bond acceptors (Lipinski definition) is 8. The Morgan fingerprint density at radius 1 is 0.941 bits per heavy atom. The molecule has 0 aliphatic rings. The molecule has 0 aliphatic heterocycles. The molecule has 0 aromatic heterocycles. The predicted molar refractivity (Wildman–Crippen MR) is 36.8 cm³/mol. The largest absolute Gasteiger partial charge is 1.00 e. The van der Waals surface area contributed by atoms with Crippen molar-refractivity contribution in [2.45, 2.75) is 0 Å². The average Bonchev–Trinajstić information content (AvgIpc) is 1.85. The van der Waals surface area contributed by atoms with E-state index in [2.05, 4.69) is 20.2 Å². The van der Waals surface area contributed by atoms with Gasteiger partial charge in [-0.3, -0.25) is 4.57 Å². The first kappa shape index (κ1) is 37.6. The summed E-state index contributed by atoms with van der Waals surface area (Å²) in [6.45, 7) is 0. The van der Waals surface area contributed by atoms with Crippen molar-refractivity contribution in [3.63, 3.8) is 0 Å². The number of alkyl halides is 1. The summed E-state index contributed by atoms with van der Waals surface area (Å²) >= 11 is 4.64. The zero-order valence-corrected chi connectivity index (χ0v) is 21.4. The maximum atomic E-state index is 10.1. The number of phosphoric acid groups is 1. The summed E-state index contributed by atoms with van der Waals surface area (Å²) < 4.78 is 35.4. The smallest absolute Gasteiger partial charge is 0.750 e. The van der Waals surface area contributed by atoms with Crippen molar-refractivity contribution in [1.82, 2.24) is 0 Å². The standard InChI is InChI=1S/CH3Cl.4Na.HO8P3/c1-2;;;;;1-9(2)7-11(5,6)8-10(3)4/h1H3;;;;;(H,5,6)/q;4*+1;/p-1. The molecule has 0 spiro atoms. The zero-order chi connectivity index (χ0) is 11.1. The van der Waals surface area contributed by atoms with Crippen molar-refractivity contribution < 1.29 is 155 Å². The molecular weight excluding hydrogens is 360 g/mol. The Kier molecular flexibility index (Phi) is 50.4. The van der Waals surface area contributed by atoms with Gasteiger partial charge in [0.15, 0.2) is 0 Å². The van der Waals surface area contributed by atoms with Crippen LogP contribution >= 0.6 is 35.9 Å². The van der Waals surface area contributed by atoms with E-state index < -0.39 is 24.3 Å². The summed E-state index contributed by atoms with van der Waals surface area (Å²) in [7, 11) is -12.6. The number of rotatable bonds is 4. The molecule has 2 atom stereocenters. The molecule has 17 heavy (non-hydrogen) atoms. The fourth-order valence-electron chi connectivity index (χ4n) is 0.178. The van der Waals surface area contributed by atoms with E-state index in [4.69, 9.17) is 0 Å². The van der Waals surface area contributed by atoms with Crippen molar-refractivity contribution >= 4 is 35.9 Å². The third-order valence-corrected chi connectivity index (χ3v) is 3.00. The van der Waals surface area contributed by atoms with Crippen LogP contribution in [0.1, 0.15) is 0 Å². The molecule has 8 nitrogen and oxygen atoms in total. The van der Waals surface area contributed by atoms with Crippen LogP contribution in [0.2, 0.25) is 0 Å². The number of hydrogen-bond donors (Lipinski definition) is 0.